The molecule has 3 nitrogen and oxygen atoms in total. The van der Waals surface area contributed by atoms with Crippen LogP contribution in [0.2, 0.25) is 0 Å². The number of halogens is 4. The Balaban J connectivity index is 0.00000180. The number of hydrogen-bond acceptors (Lipinski definition) is 3. The number of rotatable bonds is 5. The molecule has 0 aliphatic carbocycles. The second-order valence-corrected chi connectivity index (χ2v) is 5.41. The average molecular weight is 303 g/mol. The van der Waals surface area contributed by atoms with E-state index in [-0.39, 0.29) is 19.0 Å². The van der Waals surface area contributed by atoms with Crippen molar-refractivity contribution in [1.82, 2.24) is 10.2 Å². The van der Waals surface area contributed by atoms with Crippen molar-refractivity contribution in [2.75, 3.05) is 26.8 Å². The molecule has 0 saturated carbocycles. The van der Waals surface area contributed by atoms with Crippen molar-refractivity contribution in [1.29, 1.82) is 0 Å². The summed E-state index contributed by atoms with van der Waals surface area (Å²) in [6, 6.07) is 1.69. The molecule has 2 bridgehead atoms. The van der Waals surface area contributed by atoms with Crippen molar-refractivity contribution in [2.45, 2.75) is 50.0 Å². The Morgan fingerprint density at radius 2 is 1.79 bits per heavy atom. The zero-order chi connectivity index (χ0) is 13.2. The first-order valence-electron chi connectivity index (χ1n) is 6.55. The van der Waals surface area contributed by atoms with Gasteiger partial charge < -0.3 is 15.0 Å². The van der Waals surface area contributed by atoms with Gasteiger partial charge in [0.1, 0.15) is 6.61 Å². The van der Waals surface area contributed by atoms with E-state index >= 15 is 0 Å². The molecule has 114 valence electrons. The molecular weight excluding hydrogens is 281 g/mol. The van der Waals surface area contributed by atoms with Gasteiger partial charge in [-0.25, -0.2) is 0 Å². The molecule has 0 spiro atoms. The van der Waals surface area contributed by atoms with Crippen LogP contribution in [-0.4, -0.2) is 56.0 Å². The Morgan fingerprint density at radius 3 is 2.32 bits per heavy atom. The lowest BCUT2D eigenvalue weighted by atomic mass is 9.99. The number of ether oxygens (including phenoxy) is 1. The molecule has 2 rings (SSSR count). The van der Waals surface area contributed by atoms with Crippen LogP contribution in [0.1, 0.15) is 25.7 Å². The Bertz CT molecular complexity index is 266. The molecule has 19 heavy (non-hydrogen) atoms. The highest BCUT2D eigenvalue weighted by Crippen LogP contribution is 2.29. The third-order valence-corrected chi connectivity index (χ3v) is 3.93. The molecule has 2 aliphatic heterocycles. The fourth-order valence-electron chi connectivity index (χ4n) is 2.97. The predicted molar refractivity (Wildman–Crippen MR) is 69.7 cm³/mol. The maximum atomic E-state index is 11.9. The number of nitrogens with one attached hydrogen (secondary N) is 1. The number of fused-ring (bicyclic) bond motifs is 2. The zero-order valence-corrected chi connectivity index (χ0v) is 11.9. The van der Waals surface area contributed by atoms with Crippen molar-refractivity contribution in [3.63, 3.8) is 0 Å². The zero-order valence-electron chi connectivity index (χ0n) is 11.1. The van der Waals surface area contributed by atoms with Gasteiger partial charge >= 0.3 is 6.18 Å². The Labute approximate surface area is 118 Å². The Kier molecular flexibility index (Phi) is 6.36. The Hall–Kier alpha value is -0.0400. The number of nitrogens with zero attached hydrogens (tertiary/aromatic N) is 1. The molecule has 0 amide bonds. The van der Waals surface area contributed by atoms with Gasteiger partial charge in [-0.15, -0.1) is 12.4 Å². The molecule has 0 aromatic heterocycles. The van der Waals surface area contributed by atoms with E-state index in [9.17, 15) is 13.2 Å². The summed E-state index contributed by atoms with van der Waals surface area (Å²) in [6.07, 6.45) is 0.462. The van der Waals surface area contributed by atoms with Crippen molar-refractivity contribution in [3.05, 3.63) is 0 Å². The van der Waals surface area contributed by atoms with Gasteiger partial charge in [-0.05, 0) is 32.7 Å². The van der Waals surface area contributed by atoms with Crippen molar-refractivity contribution in [2.24, 2.45) is 0 Å². The van der Waals surface area contributed by atoms with E-state index in [1.165, 1.54) is 12.8 Å². The van der Waals surface area contributed by atoms with Crippen LogP contribution in [0.25, 0.3) is 0 Å². The summed E-state index contributed by atoms with van der Waals surface area (Å²) in [5, 5.41) is 3.56. The molecule has 2 heterocycles. The smallest absolute Gasteiger partial charge is 0.371 e. The molecule has 0 aromatic carbocycles. The predicted octanol–water partition coefficient (Wildman–Crippen LogP) is 2.20. The summed E-state index contributed by atoms with van der Waals surface area (Å²) < 4.78 is 40.3. The van der Waals surface area contributed by atoms with Crippen LogP contribution >= 0.6 is 12.4 Å². The summed E-state index contributed by atoms with van der Waals surface area (Å²) in [4.78, 5) is 2.14. The van der Waals surface area contributed by atoms with Gasteiger partial charge in [0, 0.05) is 24.7 Å². The third kappa shape index (κ3) is 5.45. The van der Waals surface area contributed by atoms with Crippen LogP contribution in [-0.2, 0) is 4.74 Å². The fraction of sp³-hybridized carbons (Fsp3) is 1.00. The number of likely N-dealkylation sites (N-methyl/N-ethyl adjacent to an activating group) is 1. The molecule has 2 aliphatic rings. The second kappa shape index (κ2) is 7.11. The molecule has 2 unspecified atom stereocenters. The molecule has 1 N–H and O–H groups in total. The quantitative estimate of drug-likeness (QED) is 0.788. The van der Waals surface area contributed by atoms with Crippen LogP contribution < -0.4 is 5.32 Å². The van der Waals surface area contributed by atoms with Gasteiger partial charge in [0.25, 0.3) is 0 Å². The first kappa shape index (κ1) is 17.0. The van der Waals surface area contributed by atoms with E-state index < -0.39 is 12.8 Å². The summed E-state index contributed by atoms with van der Waals surface area (Å²) in [5.41, 5.74) is 0. The van der Waals surface area contributed by atoms with E-state index in [2.05, 4.69) is 15.0 Å². The number of piperidine rings is 1. The normalized spacial score (nSPS) is 30.5. The van der Waals surface area contributed by atoms with E-state index in [1.807, 2.05) is 7.05 Å². The van der Waals surface area contributed by atoms with Gasteiger partial charge in [0.05, 0.1) is 6.61 Å². The van der Waals surface area contributed by atoms with E-state index in [4.69, 9.17) is 0 Å². The maximum absolute atomic E-state index is 11.9. The number of alkyl halides is 3. The summed E-state index contributed by atoms with van der Waals surface area (Å²) in [7, 11) is 1.98. The van der Waals surface area contributed by atoms with E-state index in [0.29, 0.717) is 24.7 Å². The highest BCUT2D eigenvalue weighted by molar-refractivity contribution is 5.85. The molecule has 7 heteroatoms. The molecular formula is C12H22ClF3N2O. The molecule has 0 aromatic rings. The van der Waals surface area contributed by atoms with E-state index in [1.54, 1.807) is 0 Å². The summed E-state index contributed by atoms with van der Waals surface area (Å²) >= 11 is 0. The van der Waals surface area contributed by atoms with Crippen molar-refractivity contribution in [3.8, 4) is 0 Å². The monoisotopic (exact) mass is 302 g/mol. The maximum Gasteiger partial charge on any atom is 0.411 e. The lowest BCUT2D eigenvalue weighted by molar-refractivity contribution is -0.174. The van der Waals surface area contributed by atoms with Crippen molar-refractivity contribution >= 4 is 12.4 Å². The van der Waals surface area contributed by atoms with Gasteiger partial charge in [-0.2, -0.15) is 13.2 Å². The minimum absolute atomic E-state index is 0. The third-order valence-electron chi connectivity index (χ3n) is 3.93. The van der Waals surface area contributed by atoms with Gasteiger partial charge in [0.15, 0.2) is 0 Å². The van der Waals surface area contributed by atoms with Crippen LogP contribution in [0, 0.1) is 0 Å². The van der Waals surface area contributed by atoms with E-state index in [0.717, 1.165) is 12.8 Å². The standard InChI is InChI=1S/C12H21F3N2O.ClH/c1-17(4-5-18-8-12(13,14)15)11-6-9-2-3-10(7-11)16-9;/h9-11,16H,2-8H2,1H3;1H. The SMILES string of the molecule is CN(CCOCC(F)(F)F)C1CC2CCC(C1)N2.Cl. The first-order chi connectivity index (χ1) is 8.44. The van der Waals surface area contributed by atoms with Crippen molar-refractivity contribution < 1.29 is 17.9 Å². The average Bonchev–Trinajstić information content (AvgIpc) is 2.62. The van der Waals surface area contributed by atoms with Gasteiger partial charge in [0.2, 0.25) is 0 Å². The minimum Gasteiger partial charge on any atom is -0.371 e. The lowest BCUT2D eigenvalue weighted by Gasteiger charge is -2.35. The fourth-order valence-corrected chi connectivity index (χ4v) is 2.97. The largest absolute Gasteiger partial charge is 0.411 e. The summed E-state index contributed by atoms with van der Waals surface area (Å²) in [5.74, 6) is 0. The highest BCUT2D eigenvalue weighted by Gasteiger charge is 2.35. The lowest BCUT2D eigenvalue weighted by Crippen LogP contribution is -2.47. The molecule has 2 fully saturated rings. The second-order valence-electron chi connectivity index (χ2n) is 5.41. The number of hydrogen-bond donors (Lipinski definition) is 1. The molecule has 0 radical (unpaired) electrons. The Morgan fingerprint density at radius 1 is 1.21 bits per heavy atom. The topological polar surface area (TPSA) is 24.5 Å². The molecule has 2 saturated heterocycles. The van der Waals surface area contributed by atoms with Crippen LogP contribution in [0.5, 0.6) is 0 Å². The van der Waals surface area contributed by atoms with Gasteiger partial charge in [-0.1, -0.05) is 0 Å². The van der Waals surface area contributed by atoms with Crippen LogP contribution in [0.15, 0.2) is 0 Å². The first-order valence-corrected chi connectivity index (χ1v) is 6.55. The molecule has 2 atom stereocenters. The van der Waals surface area contributed by atoms with Crippen LogP contribution in [0.3, 0.4) is 0 Å². The highest BCUT2D eigenvalue weighted by atomic mass is 35.5. The summed E-state index contributed by atoms with van der Waals surface area (Å²) in [6.45, 7) is -0.423. The van der Waals surface area contributed by atoms with Gasteiger partial charge in [-0.3, -0.25) is 0 Å². The minimum atomic E-state index is -4.22. The van der Waals surface area contributed by atoms with Crippen LogP contribution in [0.4, 0.5) is 13.2 Å².